The van der Waals surface area contributed by atoms with E-state index in [0.29, 0.717) is 6.42 Å². The molecule has 0 aromatic carbocycles. The number of rotatable bonds is 6. The molecule has 17 heavy (non-hydrogen) atoms. The minimum absolute atomic E-state index is 0.257. The van der Waals surface area contributed by atoms with Gasteiger partial charge in [0.25, 0.3) is 0 Å². The van der Waals surface area contributed by atoms with Crippen molar-refractivity contribution in [3.05, 3.63) is 23.0 Å². The van der Waals surface area contributed by atoms with Crippen LogP contribution in [0.15, 0.2) is 6.07 Å². The number of aromatic nitrogens is 1. The molecule has 0 aliphatic heterocycles. The highest BCUT2D eigenvalue weighted by Crippen LogP contribution is 2.12. The summed E-state index contributed by atoms with van der Waals surface area (Å²) in [7, 11) is -0.771. The molecular weight excluding hydrogens is 236 g/mol. The molecule has 1 N–H and O–H groups in total. The lowest BCUT2D eigenvalue weighted by atomic mass is 10.2. The first-order valence-electron chi connectivity index (χ1n) is 5.81. The molecule has 1 heterocycles. The van der Waals surface area contributed by atoms with Crippen LogP contribution in [0, 0.1) is 13.8 Å². The van der Waals surface area contributed by atoms with Gasteiger partial charge in [-0.3, -0.25) is 0 Å². The van der Waals surface area contributed by atoms with Gasteiger partial charge in [-0.15, -0.1) is 0 Å². The fraction of sp³-hybridized carbons (Fsp3) is 0.667. The molecule has 0 bridgehead atoms. The van der Waals surface area contributed by atoms with Crippen LogP contribution in [-0.4, -0.2) is 31.5 Å². The predicted molar refractivity (Wildman–Crippen MR) is 70.9 cm³/mol. The Kier molecular flexibility index (Phi) is 4.77. The van der Waals surface area contributed by atoms with Crippen LogP contribution in [0.4, 0.5) is 0 Å². The number of sulfone groups is 1. The largest absolute Gasteiger partial charge is 0.352 e. The number of hydrogen-bond donors (Lipinski definition) is 1. The van der Waals surface area contributed by atoms with E-state index in [1.165, 1.54) is 23.2 Å². The second-order valence-corrected chi connectivity index (χ2v) is 6.88. The van der Waals surface area contributed by atoms with Gasteiger partial charge in [0.1, 0.15) is 9.84 Å². The molecule has 4 nitrogen and oxygen atoms in total. The fourth-order valence-corrected chi connectivity index (χ4v) is 2.46. The lowest BCUT2D eigenvalue weighted by Crippen LogP contribution is -2.18. The molecule has 0 saturated carbocycles. The van der Waals surface area contributed by atoms with Crippen molar-refractivity contribution in [3.63, 3.8) is 0 Å². The zero-order valence-electron chi connectivity index (χ0n) is 11.1. The van der Waals surface area contributed by atoms with Gasteiger partial charge in [-0.25, -0.2) is 8.42 Å². The molecule has 1 rings (SSSR count). The highest BCUT2D eigenvalue weighted by atomic mass is 32.2. The molecule has 1 aromatic rings. The molecule has 0 saturated heterocycles. The molecule has 0 atom stereocenters. The maximum absolute atomic E-state index is 10.9. The van der Waals surface area contributed by atoms with Crippen molar-refractivity contribution < 1.29 is 8.42 Å². The third-order valence-corrected chi connectivity index (χ3v) is 4.09. The first-order valence-corrected chi connectivity index (χ1v) is 7.87. The molecule has 0 fully saturated rings. The van der Waals surface area contributed by atoms with E-state index >= 15 is 0 Å². The molecule has 0 amide bonds. The predicted octanol–water partition coefficient (Wildman–Crippen LogP) is 1.17. The Hall–Kier alpha value is -0.810. The maximum atomic E-state index is 10.9. The van der Waals surface area contributed by atoms with E-state index in [0.717, 1.165) is 13.1 Å². The van der Waals surface area contributed by atoms with E-state index in [1.54, 1.807) is 0 Å². The van der Waals surface area contributed by atoms with Crippen LogP contribution in [0.2, 0.25) is 0 Å². The van der Waals surface area contributed by atoms with Gasteiger partial charge in [-0.1, -0.05) is 0 Å². The number of aryl methyl sites for hydroxylation is 1. The van der Waals surface area contributed by atoms with Crippen LogP contribution in [0.3, 0.4) is 0 Å². The van der Waals surface area contributed by atoms with Gasteiger partial charge < -0.3 is 9.88 Å². The van der Waals surface area contributed by atoms with Crippen LogP contribution >= 0.6 is 0 Å². The summed E-state index contributed by atoms with van der Waals surface area (Å²) in [6, 6.07) is 2.17. The van der Waals surface area contributed by atoms with Crippen molar-refractivity contribution in [2.75, 3.05) is 18.6 Å². The lowest BCUT2D eigenvalue weighted by molar-refractivity contribution is 0.594. The van der Waals surface area contributed by atoms with Gasteiger partial charge in [-0.05, 0) is 38.4 Å². The van der Waals surface area contributed by atoms with Crippen LogP contribution < -0.4 is 5.32 Å². The minimum atomic E-state index is -2.82. The van der Waals surface area contributed by atoms with Gasteiger partial charge in [-0.2, -0.15) is 0 Å². The zero-order chi connectivity index (χ0) is 13.1. The van der Waals surface area contributed by atoms with Crippen LogP contribution in [0.25, 0.3) is 0 Å². The average Bonchev–Trinajstić information content (AvgIpc) is 2.44. The average molecular weight is 258 g/mol. The first kappa shape index (κ1) is 14.3. The van der Waals surface area contributed by atoms with E-state index in [4.69, 9.17) is 0 Å². The van der Waals surface area contributed by atoms with E-state index < -0.39 is 9.84 Å². The van der Waals surface area contributed by atoms with Crippen LogP contribution in [-0.2, 0) is 23.4 Å². The Morgan fingerprint density at radius 3 is 2.47 bits per heavy atom. The summed E-state index contributed by atoms with van der Waals surface area (Å²) in [6.45, 7) is 5.72. The van der Waals surface area contributed by atoms with Crippen molar-refractivity contribution in [2.45, 2.75) is 26.8 Å². The monoisotopic (exact) mass is 258 g/mol. The van der Waals surface area contributed by atoms with E-state index in [9.17, 15) is 8.42 Å². The summed E-state index contributed by atoms with van der Waals surface area (Å²) in [5.74, 6) is 0.257. The number of nitrogens with zero attached hydrogens (tertiary/aromatic N) is 1. The molecule has 0 radical (unpaired) electrons. The second-order valence-electron chi connectivity index (χ2n) is 4.62. The summed E-state index contributed by atoms with van der Waals surface area (Å²) in [4.78, 5) is 0. The van der Waals surface area contributed by atoms with Crippen molar-refractivity contribution in [3.8, 4) is 0 Å². The quantitative estimate of drug-likeness (QED) is 0.779. The van der Waals surface area contributed by atoms with Crippen LogP contribution in [0.5, 0.6) is 0 Å². The Balaban J connectivity index is 2.34. The van der Waals surface area contributed by atoms with Gasteiger partial charge in [0.05, 0.1) is 5.75 Å². The fourth-order valence-electron chi connectivity index (χ4n) is 1.79. The zero-order valence-corrected chi connectivity index (χ0v) is 11.9. The highest BCUT2D eigenvalue weighted by Gasteiger charge is 2.05. The normalized spacial score (nSPS) is 12.0. The summed E-state index contributed by atoms with van der Waals surface area (Å²) in [5.41, 5.74) is 3.79. The van der Waals surface area contributed by atoms with Gasteiger partial charge in [0.2, 0.25) is 0 Å². The third-order valence-electron chi connectivity index (χ3n) is 3.06. The Morgan fingerprint density at radius 1 is 1.35 bits per heavy atom. The number of hydrogen-bond acceptors (Lipinski definition) is 3. The minimum Gasteiger partial charge on any atom is -0.352 e. The lowest BCUT2D eigenvalue weighted by Gasteiger charge is -2.05. The second kappa shape index (κ2) is 5.69. The van der Waals surface area contributed by atoms with E-state index in [-0.39, 0.29) is 5.75 Å². The summed E-state index contributed by atoms with van der Waals surface area (Å²) in [5, 5.41) is 3.28. The van der Waals surface area contributed by atoms with Crippen molar-refractivity contribution in [1.82, 2.24) is 9.88 Å². The van der Waals surface area contributed by atoms with Crippen molar-refractivity contribution >= 4 is 9.84 Å². The summed E-state index contributed by atoms with van der Waals surface area (Å²) >= 11 is 0. The molecule has 98 valence electrons. The molecular formula is C12H22N2O2S. The van der Waals surface area contributed by atoms with Crippen molar-refractivity contribution in [2.24, 2.45) is 7.05 Å². The van der Waals surface area contributed by atoms with Gasteiger partial charge in [0, 0.05) is 31.2 Å². The molecule has 0 aliphatic carbocycles. The maximum Gasteiger partial charge on any atom is 0.147 e. The summed E-state index contributed by atoms with van der Waals surface area (Å²) < 4.78 is 24.0. The Bertz CT molecular complexity index is 475. The van der Waals surface area contributed by atoms with Crippen molar-refractivity contribution in [1.29, 1.82) is 0 Å². The number of nitrogens with one attached hydrogen (secondary N) is 1. The van der Waals surface area contributed by atoms with E-state index in [1.807, 2.05) is 0 Å². The first-order chi connectivity index (χ1) is 7.81. The molecule has 0 aliphatic rings. The van der Waals surface area contributed by atoms with E-state index in [2.05, 4.69) is 36.8 Å². The molecule has 0 unspecified atom stereocenters. The van der Waals surface area contributed by atoms with Gasteiger partial charge in [0.15, 0.2) is 0 Å². The molecule has 1 aromatic heterocycles. The third kappa shape index (κ3) is 4.52. The smallest absolute Gasteiger partial charge is 0.147 e. The Morgan fingerprint density at radius 2 is 2.00 bits per heavy atom. The summed E-state index contributed by atoms with van der Waals surface area (Å²) in [6.07, 6.45) is 1.95. The van der Waals surface area contributed by atoms with Crippen LogP contribution in [0.1, 0.15) is 23.4 Å². The standard InChI is InChI=1S/C12H22N2O2S/c1-10-8-12(11(2)14(10)3)9-13-6-5-7-17(4,15)16/h8,13H,5-7,9H2,1-4H3. The molecule has 0 spiro atoms. The topological polar surface area (TPSA) is 51.1 Å². The highest BCUT2D eigenvalue weighted by molar-refractivity contribution is 7.90. The Labute approximate surface area is 104 Å². The SMILES string of the molecule is Cc1cc(CNCCCS(C)(=O)=O)c(C)n1C. The van der Waals surface area contributed by atoms with Gasteiger partial charge >= 0.3 is 0 Å². The molecule has 5 heteroatoms.